The van der Waals surface area contributed by atoms with E-state index < -0.39 is 0 Å². The molecule has 1 atom stereocenters. The van der Waals surface area contributed by atoms with Crippen LogP contribution in [0.3, 0.4) is 0 Å². The van der Waals surface area contributed by atoms with Gasteiger partial charge in [-0.05, 0) is 34.7 Å². The van der Waals surface area contributed by atoms with E-state index in [1.165, 1.54) is 0 Å². The zero-order valence-corrected chi connectivity index (χ0v) is 9.61. The van der Waals surface area contributed by atoms with E-state index in [1.54, 1.807) is 6.07 Å². The van der Waals surface area contributed by atoms with Gasteiger partial charge in [0.15, 0.2) is 0 Å². The van der Waals surface area contributed by atoms with Crippen LogP contribution in [-0.4, -0.2) is 6.61 Å². The smallest absolute Gasteiger partial charge is 0.125 e. The third-order valence-electron chi connectivity index (χ3n) is 2.31. The molecule has 1 aliphatic rings. The van der Waals surface area contributed by atoms with Crippen molar-refractivity contribution in [3.05, 3.63) is 26.8 Å². The van der Waals surface area contributed by atoms with Crippen LogP contribution in [0.4, 0.5) is 0 Å². The van der Waals surface area contributed by atoms with E-state index in [1.807, 2.05) is 6.07 Å². The van der Waals surface area contributed by atoms with Crippen LogP contribution in [0.25, 0.3) is 0 Å². The van der Waals surface area contributed by atoms with Crippen molar-refractivity contribution in [1.82, 2.24) is 0 Å². The van der Waals surface area contributed by atoms with Gasteiger partial charge in [-0.15, -0.1) is 0 Å². The molecule has 0 unspecified atom stereocenters. The summed E-state index contributed by atoms with van der Waals surface area (Å²) in [4.78, 5) is 0. The molecule has 0 radical (unpaired) electrons. The largest absolute Gasteiger partial charge is 0.493 e. The minimum absolute atomic E-state index is 0.0417. The van der Waals surface area contributed by atoms with Crippen LogP contribution in [0.15, 0.2) is 12.1 Å². The van der Waals surface area contributed by atoms with Crippen LogP contribution in [0.5, 0.6) is 5.75 Å². The van der Waals surface area contributed by atoms with Gasteiger partial charge in [-0.1, -0.05) is 0 Å². The molecule has 1 heterocycles. The molecule has 0 aliphatic carbocycles. The monoisotopic (exact) mass is 300 g/mol. The van der Waals surface area contributed by atoms with E-state index >= 15 is 0 Å². The molecule has 0 bridgehead atoms. The van der Waals surface area contributed by atoms with Crippen LogP contribution >= 0.6 is 22.6 Å². The van der Waals surface area contributed by atoms with Crippen molar-refractivity contribution in [1.29, 1.82) is 5.26 Å². The predicted octanol–water partition coefficient (Wildman–Crippen LogP) is 1.95. The number of benzene rings is 1. The lowest BCUT2D eigenvalue weighted by Gasteiger charge is -2.23. The second kappa shape index (κ2) is 3.75. The molecule has 14 heavy (non-hydrogen) atoms. The Hall–Kier alpha value is -0.800. The molecule has 0 saturated heterocycles. The summed E-state index contributed by atoms with van der Waals surface area (Å²) in [6.07, 6.45) is 0.842. The van der Waals surface area contributed by atoms with Gasteiger partial charge in [0.2, 0.25) is 0 Å². The van der Waals surface area contributed by atoms with E-state index in [0.29, 0.717) is 12.2 Å². The standard InChI is InChI=1S/C10H9IN2O/c11-8-4-7-9(13)1-2-14-10(7)3-6(8)5-12/h3-4,9H,1-2,13H2/t9-/m0/s1. The second-order valence-corrected chi connectivity index (χ2v) is 4.39. The number of halogens is 1. The molecule has 2 N–H and O–H groups in total. The quantitative estimate of drug-likeness (QED) is 0.745. The lowest BCUT2D eigenvalue weighted by molar-refractivity contribution is 0.269. The Bertz CT molecular complexity index is 411. The first-order valence-electron chi connectivity index (χ1n) is 4.34. The Morgan fingerprint density at radius 3 is 3.07 bits per heavy atom. The van der Waals surface area contributed by atoms with E-state index in [0.717, 1.165) is 21.3 Å². The lowest BCUT2D eigenvalue weighted by atomic mass is 10.00. The van der Waals surface area contributed by atoms with Gasteiger partial charge in [0, 0.05) is 21.6 Å². The Morgan fingerprint density at radius 2 is 2.36 bits per heavy atom. The zero-order chi connectivity index (χ0) is 10.1. The molecule has 72 valence electrons. The number of nitrogens with two attached hydrogens (primary N) is 1. The fourth-order valence-corrected chi connectivity index (χ4v) is 2.13. The van der Waals surface area contributed by atoms with Crippen molar-refractivity contribution in [3.8, 4) is 11.8 Å². The number of hydrogen-bond acceptors (Lipinski definition) is 3. The van der Waals surface area contributed by atoms with Gasteiger partial charge < -0.3 is 10.5 Å². The Labute approximate surface area is 96.0 Å². The van der Waals surface area contributed by atoms with Gasteiger partial charge in [0.25, 0.3) is 0 Å². The number of hydrogen-bond donors (Lipinski definition) is 1. The molecule has 4 heteroatoms. The topological polar surface area (TPSA) is 59.0 Å². The van der Waals surface area contributed by atoms with Crippen molar-refractivity contribution in [2.24, 2.45) is 5.73 Å². The van der Waals surface area contributed by atoms with Gasteiger partial charge in [-0.3, -0.25) is 0 Å². The maximum atomic E-state index is 8.84. The van der Waals surface area contributed by atoms with Crippen molar-refractivity contribution in [2.75, 3.05) is 6.61 Å². The Morgan fingerprint density at radius 1 is 1.57 bits per heavy atom. The highest BCUT2D eigenvalue weighted by Crippen LogP contribution is 2.33. The predicted molar refractivity (Wildman–Crippen MR) is 60.9 cm³/mol. The molecule has 0 saturated carbocycles. The first-order valence-corrected chi connectivity index (χ1v) is 5.42. The minimum atomic E-state index is 0.0417. The van der Waals surface area contributed by atoms with Crippen LogP contribution in [0.2, 0.25) is 0 Å². The fourth-order valence-electron chi connectivity index (χ4n) is 1.52. The second-order valence-electron chi connectivity index (χ2n) is 3.23. The summed E-state index contributed by atoms with van der Waals surface area (Å²) in [5.41, 5.74) is 7.61. The normalized spacial score (nSPS) is 19.4. The fraction of sp³-hybridized carbons (Fsp3) is 0.300. The number of fused-ring (bicyclic) bond motifs is 1. The molecular formula is C10H9IN2O. The molecule has 3 nitrogen and oxygen atoms in total. The average Bonchev–Trinajstić information content (AvgIpc) is 2.19. The molecule has 0 aromatic heterocycles. The summed E-state index contributed by atoms with van der Waals surface area (Å²) in [5.74, 6) is 0.765. The number of rotatable bonds is 0. The van der Waals surface area contributed by atoms with Gasteiger partial charge in [-0.2, -0.15) is 5.26 Å². The van der Waals surface area contributed by atoms with Crippen molar-refractivity contribution >= 4 is 22.6 Å². The Kier molecular flexibility index (Phi) is 2.61. The van der Waals surface area contributed by atoms with E-state index in [2.05, 4.69) is 28.7 Å². The summed E-state index contributed by atoms with van der Waals surface area (Å²) < 4.78 is 6.39. The van der Waals surface area contributed by atoms with Crippen molar-refractivity contribution in [2.45, 2.75) is 12.5 Å². The van der Waals surface area contributed by atoms with E-state index in [-0.39, 0.29) is 6.04 Å². The first kappa shape index (κ1) is 9.74. The third kappa shape index (κ3) is 1.57. The van der Waals surface area contributed by atoms with Gasteiger partial charge in [0.05, 0.1) is 12.2 Å². The third-order valence-corrected chi connectivity index (χ3v) is 3.20. The van der Waals surface area contributed by atoms with Gasteiger partial charge >= 0.3 is 0 Å². The summed E-state index contributed by atoms with van der Waals surface area (Å²) in [6.45, 7) is 0.639. The maximum absolute atomic E-state index is 8.84. The summed E-state index contributed by atoms with van der Waals surface area (Å²) in [5, 5.41) is 8.84. The minimum Gasteiger partial charge on any atom is -0.493 e. The summed E-state index contributed by atoms with van der Waals surface area (Å²) in [6, 6.07) is 5.89. The van der Waals surface area contributed by atoms with Crippen molar-refractivity contribution in [3.63, 3.8) is 0 Å². The molecular weight excluding hydrogens is 291 g/mol. The highest BCUT2D eigenvalue weighted by molar-refractivity contribution is 14.1. The van der Waals surface area contributed by atoms with Crippen molar-refractivity contribution < 1.29 is 4.74 Å². The van der Waals surface area contributed by atoms with Crippen LogP contribution < -0.4 is 10.5 Å². The van der Waals surface area contributed by atoms with Gasteiger partial charge in [0.1, 0.15) is 11.8 Å². The molecule has 0 spiro atoms. The molecule has 0 fully saturated rings. The molecule has 1 aliphatic heterocycles. The van der Waals surface area contributed by atoms with Crippen LogP contribution in [0, 0.1) is 14.9 Å². The molecule has 1 aromatic carbocycles. The zero-order valence-electron chi connectivity index (χ0n) is 7.46. The number of ether oxygens (including phenoxy) is 1. The average molecular weight is 300 g/mol. The SMILES string of the molecule is N#Cc1cc2c(cc1I)[C@@H](N)CCO2. The van der Waals surface area contributed by atoms with E-state index in [4.69, 9.17) is 15.7 Å². The highest BCUT2D eigenvalue weighted by Gasteiger charge is 2.19. The Balaban J connectivity index is 2.55. The van der Waals surface area contributed by atoms with Gasteiger partial charge in [-0.25, -0.2) is 0 Å². The number of nitriles is 1. The van der Waals surface area contributed by atoms with Crippen LogP contribution in [-0.2, 0) is 0 Å². The highest BCUT2D eigenvalue weighted by atomic mass is 127. The van der Waals surface area contributed by atoms with E-state index in [9.17, 15) is 0 Å². The molecule has 2 rings (SSSR count). The summed E-state index contributed by atoms with van der Waals surface area (Å²) >= 11 is 2.14. The van der Waals surface area contributed by atoms with Crippen LogP contribution in [0.1, 0.15) is 23.6 Å². The maximum Gasteiger partial charge on any atom is 0.125 e. The molecule has 0 amide bonds. The summed E-state index contributed by atoms with van der Waals surface area (Å²) in [7, 11) is 0. The number of nitrogens with zero attached hydrogens (tertiary/aromatic N) is 1. The lowest BCUT2D eigenvalue weighted by Crippen LogP contribution is -2.20. The first-order chi connectivity index (χ1) is 6.72. The molecule has 1 aromatic rings.